The molecule has 1 fully saturated rings. The highest BCUT2D eigenvalue weighted by Gasteiger charge is 2.32. The first-order valence-corrected chi connectivity index (χ1v) is 10.0. The van der Waals surface area contributed by atoms with Gasteiger partial charge in [0.2, 0.25) is 0 Å². The maximum Gasteiger partial charge on any atom is 0.266 e. The van der Waals surface area contributed by atoms with Crippen LogP contribution >= 0.6 is 39.3 Å². The highest BCUT2D eigenvalue weighted by Crippen LogP contribution is 2.38. The number of nitrogens with zero attached hydrogens (tertiary/aromatic N) is 2. The molecule has 1 amide bonds. The van der Waals surface area contributed by atoms with E-state index in [4.69, 9.17) is 16.3 Å². The van der Waals surface area contributed by atoms with E-state index in [1.165, 1.54) is 11.8 Å². The van der Waals surface area contributed by atoms with Crippen LogP contribution in [0.25, 0.3) is 6.08 Å². The molecule has 2 aromatic rings. The lowest BCUT2D eigenvalue weighted by Gasteiger charge is -2.12. The summed E-state index contributed by atoms with van der Waals surface area (Å²) in [7, 11) is 1.60. The fourth-order valence-corrected chi connectivity index (χ4v) is 4.36. The molecule has 1 aliphatic rings. The van der Waals surface area contributed by atoms with Crippen molar-refractivity contribution in [2.45, 2.75) is 6.92 Å². The number of amidine groups is 1. The Morgan fingerprint density at radius 3 is 2.67 bits per heavy atom. The van der Waals surface area contributed by atoms with Crippen molar-refractivity contribution < 1.29 is 14.6 Å². The highest BCUT2D eigenvalue weighted by molar-refractivity contribution is 9.10. The Morgan fingerprint density at radius 2 is 2.04 bits per heavy atom. The number of carbonyl (C=O) groups excluding carboxylic acids is 1. The molecule has 0 aromatic heterocycles. The molecular formula is C19H16BrClN2O3S. The van der Waals surface area contributed by atoms with Crippen LogP contribution in [0.15, 0.2) is 50.8 Å². The first-order valence-electron chi connectivity index (χ1n) is 8.05. The van der Waals surface area contributed by atoms with Crippen LogP contribution in [0.5, 0.6) is 11.5 Å². The molecule has 27 heavy (non-hydrogen) atoms. The summed E-state index contributed by atoms with van der Waals surface area (Å²) in [6.07, 6.45) is 1.62. The number of aliphatic imine (C=N–C) groups is 1. The van der Waals surface area contributed by atoms with Crippen LogP contribution in [0, 0.1) is 0 Å². The second-order valence-electron chi connectivity index (χ2n) is 5.58. The summed E-state index contributed by atoms with van der Waals surface area (Å²) in [5.41, 5.74) is 1.19. The van der Waals surface area contributed by atoms with E-state index in [1.54, 1.807) is 30.2 Å². The van der Waals surface area contributed by atoms with Gasteiger partial charge in [0.1, 0.15) is 11.5 Å². The van der Waals surface area contributed by atoms with Crippen LogP contribution < -0.4 is 4.74 Å². The zero-order chi connectivity index (χ0) is 19.6. The van der Waals surface area contributed by atoms with Gasteiger partial charge in [0, 0.05) is 16.6 Å². The number of halogens is 2. The third-order valence-corrected chi connectivity index (χ3v) is 5.60. The van der Waals surface area contributed by atoms with Crippen molar-refractivity contribution in [1.82, 2.24) is 4.90 Å². The lowest BCUT2D eigenvalue weighted by Crippen LogP contribution is -2.28. The molecule has 1 heterocycles. The molecule has 140 valence electrons. The molecule has 1 aliphatic heterocycles. The number of rotatable bonds is 4. The van der Waals surface area contributed by atoms with E-state index < -0.39 is 0 Å². The molecule has 3 rings (SSSR count). The van der Waals surface area contributed by atoms with Crippen LogP contribution in [-0.4, -0.2) is 34.7 Å². The molecule has 0 aliphatic carbocycles. The molecule has 0 unspecified atom stereocenters. The second-order valence-corrected chi connectivity index (χ2v) is 7.91. The van der Waals surface area contributed by atoms with Crippen molar-refractivity contribution in [2.75, 3.05) is 13.7 Å². The Balaban J connectivity index is 1.96. The molecule has 0 saturated carbocycles. The SMILES string of the molecule is CCN1C(=O)/C(=C/c2cc(Br)cc(Cl)c2O)SC1=Nc1ccc(OC)cc1. The summed E-state index contributed by atoms with van der Waals surface area (Å²) in [4.78, 5) is 19.4. The number of methoxy groups -OCH3 is 1. The van der Waals surface area contributed by atoms with Crippen molar-refractivity contribution in [1.29, 1.82) is 0 Å². The molecule has 1 saturated heterocycles. The zero-order valence-electron chi connectivity index (χ0n) is 14.6. The number of thioether (sulfide) groups is 1. The first kappa shape index (κ1) is 19.8. The van der Waals surface area contributed by atoms with E-state index >= 15 is 0 Å². The Kier molecular flexibility index (Phi) is 6.14. The van der Waals surface area contributed by atoms with Crippen molar-refractivity contribution in [3.8, 4) is 11.5 Å². The monoisotopic (exact) mass is 466 g/mol. The molecular weight excluding hydrogens is 452 g/mol. The van der Waals surface area contributed by atoms with E-state index in [-0.39, 0.29) is 16.7 Å². The fraction of sp³-hybridized carbons (Fsp3) is 0.158. The van der Waals surface area contributed by atoms with Gasteiger partial charge in [-0.25, -0.2) is 4.99 Å². The van der Waals surface area contributed by atoms with Gasteiger partial charge in [-0.2, -0.15) is 0 Å². The lowest BCUT2D eigenvalue weighted by molar-refractivity contribution is -0.122. The van der Waals surface area contributed by atoms with Crippen LogP contribution in [0.4, 0.5) is 5.69 Å². The largest absolute Gasteiger partial charge is 0.506 e. The van der Waals surface area contributed by atoms with Gasteiger partial charge in [0.25, 0.3) is 5.91 Å². The quantitative estimate of drug-likeness (QED) is 0.608. The van der Waals surface area contributed by atoms with Gasteiger partial charge in [-0.05, 0) is 61.2 Å². The number of likely N-dealkylation sites (N-methyl/N-ethyl adjacent to an activating group) is 1. The standard InChI is InChI=1S/C19H16BrClN2O3S/c1-3-23-18(25)16(9-11-8-12(20)10-15(21)17(11)24)27-19(23)22-13-4-6-14(26-2)7-5-13/h4-10,24H,3H2,1-2H3/b16-9-,22-19?. The number of amides is 1. The summed E-state index contributed by atoms with van der Waals surface area (Å²) in [5.74, 6) is 0.513. The minimum absolute atomic E-state index is 0.0654. The molecule has 0 spiro atoms. The number of phenols is 1. The van der Waals surface area contributed by atoms with Crippen molar-refractivity contribution >= 4 is 62.1 Å². The Labute approximate surface area is 174 Å². The van der Waals surface area contributed by atoms with Gasteiger partial charge in [0.05, 0.1) is 22.7 Å². The van der Waals surface area contributed by atoms with Crippen LogP contribution in [0.1, 0.15) is 12.5 Å². The normalized spacial score (nSPS) is 17.2. The lowest BCUT2D eigenvalue weighted by atomic mass is 10.2. The Bertz CT molecular complexity index is 945. The predicted molar refractivity (Wildman–Crippen MR) is 114 cm³/mol. The zero-order valence-corrected chi connectivity index (χ0v) is 17.7. The molecule has 0 bridgehead atoms. The van der Waals surface area contributed by atoms with Crippen LogP contribution in [-0.2, 0) is 4.79 Å². The van der Waals surface area contributed by atoms with E-state index in [9.17, 15) is 9.90 Å². The third-order valence-electron chi connectivity index (χ3n) is 3.85. The summed E-state index contributed by atoms with van der Waals surface area (Å²) in [6.45, 7) is 2.38. The molecule has 0 atom stereocenters. The first-order chi connectivity index (χ1) is 12.9. The summed E-state index contributed by atoms with van der Waals surface area (Å²) in [5, 5.41) is 11.0. The summed E-state index contributed by atoms with van der Waals surface area (Å²) < 4.78 is 5.86. The van der Waals surface area contributed by atoms with Gasteiger partial charge in [-0.3, -0.25) is 9.69 Å². The Morgan fingerprint density at radius 1 is 1.33 bits per heavy atom. The van der Waals surface area contributed by atoms with Gasteiger partial charge < -0.3 is 9.84 Å². The van der Waals surface area contributed by atoms with Gasteiger partial charge >= 0.3 is 0 Å². The number of ether oxygens (including phenoxy) is 1. The number of hydrogen-bond acceptors (Lipinski definition) is 5. The van der Waals surface area contributed by atoms with Gasteiger partial charge in [0.15, 0.2) is 5.17 Å². The van der Waals surface area contributed by atoms with E-state index in [0.29, 0.717) is 26.7 Å². The number of benzene rings is 2. The highest BCUT2D eigenvalue weighted by atomic mass is 79.9. The number of phenolic OH excluding ortho intramolecular Hbond substituents is 1. The average Bonchev–Trinajstić information content (AvgIpc) is 2.94. The van der Waals surface area contributed by atoms with Gasteiger partial charge in [-0.15, -0.1) is 0 Å². The maximum absolute atomic E-state index is 12.7. The minimum atomic E-state index is -0.162. The number of hydrogen-bond donors (Lipinski definition) is 1. The predicted octanol–water partition coefficient (Wildman–Crippen LogP) is 5.44. The van der Waals surface area contributed by atoms with Crippen molar-refractivity contribution in [3.05, 3.63) is 56.4 Å². The molecule has 5 nitrogen and oxygen atoms in total. The Hall–Kier alpha value is -1.96. The summed E-state index contributed by atoms with van der Waals surface area (Å²) in [6, 6.07) is 10.6. The average molecular weight is 468 g/mol. The molecule has 2 aromatic carbocycles. The summed E-state index contributed by atoms with van der Waals surface area (Å²) >= 11 is 10.6. The van der Waals surface area contributed by atoms with Crippen LogP contribution in [0.3, 0.4) is 0 Å². The molecule has 8 heteroatoms. The van der Waals surface area contributed by atoms with Crippen molar-refractivity contribution in [2.24, 2.45) is 4.99 Å². The second kappa shape index (κ2) is 8.37. The minimum Gasteiger partial charge on any atom is -0.506 e. The number of aromatic hydroxyl groups is 1. The van der Waals surface area contributed by atoms with E-state index in [2.05, 4.69) is 20.9 Å². The smallest absolute Gasteiger partial charge is 0.266 e. The number of carbonyl (C=O) groups is 1. The topological polar surface area (TPSA) is 62.1 Å². The molecule has 1 N–H and O–H groups in total. The van der Waals surface area contributed by atoms with E-state index in [0.717, 1.165) is 11.4 Å². The van der Waals surface area contributed by atoms with Crippen molar-refractivity contribution in [3.63, 3.8) is 0 Å². The van der Waals surface area contributed by atoms with Gasteiger partial charge in [-0.1, -0.05) is 27.5 Å². The fourth-order valence-electron chi connectivity index (χ4n) is 2.47. The molecule has 0 radical (unpaired) electrons. The van der Waals surface area contributed by atoms with E-state index in [1.807, 2.05) is 31.2 Å². The maximum atomic E-state index is 12.7. The third kappa shape index (κ3) is 4.31. The van der Waals surface area contributed by atoms with Crippen LogP contribution in [0.2, 0.25) is 5.02 Å².